The van der Waals surface area contributed by atoms with Gasteiger partial charge in [0.05, 0.1) is 6.04 Å². The molecule has 0 heterocycles. The van der Waals surface area contributed by atoms with Crippen LogP contribution in [-0.4, -0.2) is 58.1 Å². The van der Waals surface area contributed by atoms with Crippen molar-refractivity contribution in [1.29, 1.82) is 0 Å². The number of rotatable bonds is 12. The highest BCUT2D eigenvalue weighted by Crippen LogP contribution is 2.11. The first-order valence-corrected chi connectivity index (χ1v) is 11.6. The number of phenols is 1. The summed E-state index contributed by atoms with van der Waals surface area (Å²) in [7, 11) is 0. The molecular formula is C23H29N3O5S. The van der Waals surface area contributed by atoms with Crippen LogP contribution in [0.3, 0.4) is 0 Å². The molecule has 0 spiro atoms. The van der Waals surface area contributed by atoms with E-state index in [0.717, 1.165) is 11.1 Å². The molecule has 0 aliphatic heterocycles. The number of thioether (sulfide) groups is 1. The SMILES string of the molecule is CSCCC(NC(=O)C(Cc1ccccc1)NC(=O)C(N)Cc1ccc(O)cc1)C(=O)O. The van der Waals surface area contributed by atoms with Crippen molar-refractivity contribution < 1.29 is 24.6 Å². The monoisotopic (exact) mass is 459 g/mol. The van der Waals surface area contributed by atoms with E-state index in [-0.39, 0.29) is 25.0 Å². The molecule has 3 atom stereocenters. The molecule has 2 aromatic carbocycles. The highest BCUT2D eigenvalue weighted by molar-refractivity contribution is 7.98. The molecule has 0 aliphatic carbocycles. The van der Waals surface area contributed by atoms with Crippen molar-refractivity contribution in [3.05, 3.63) is 65.7 Å². The molecule has 0 radical (unpaired) electrons. The Bertz CT molecular complexity index is 892. The highest BCUT2D eigenvalue weighted by atomic mass is 32.2. The largest absolute Gasteiger partial charge is 0.508 e. The van der Waals surface area contributed by atoms with Gasteiger partial charge in [-0.3, -0.25) is 9.59 Å². The number of nitrogens with one attached hydrogen (secondary N) is 2. The third-order valence-corrected chi connectivity index (χ3v) is 5.51. The second-order valence-electron chi connectivity index (χ2n) is 7.41. The van der Waals surface area contributed by atoms with Crippen molar-refractivity contribution in [2.24, 2.45) is 5.73 Å². The maximum Gasteiger partial charge on any atom is 0.326 e. The summed E-state index contributed by atoms with van der Waals surface area (Å²) in [6, 6.07) is 12.5. The van der Waals surface area contributed by atoms with Gasteiger partial charge in [0.2, 0.25) is 11.8 Å². The first kappa shape index (κ1) is 25.2. The smallest absolute Gasteiger partial charge is 0.326 e. The predicted octanol–water partition coefficient (Wildman–Crippen LogP) is 1.31. The molecule has 172 valence electrons. The maximum absolute atomic E-state index is 12.9. The van der Waals surface area contributed by atoms with Crippen molar-refractivity contribution in [2.75, 3.05) is 12.0 Å². The summed E-state index contributed by atoms with van der Waals surface area (Å²) in [5.41, 5.74) is 7.62. The second-order valence-corrected chi connectivity index (χ2v) is 8.39. The van der Waals surface area contributed by atoms with Gasteiger partial charge in [0.15, 0.2) is 0 Å². The van der Waals surface area contributed by atoms with Crippen LogP contribution in [-0.2, 0) is 27.2 Å². The number of carboxylic acids is 1. The summed E-state index contributed by atoms with van der Waals surface area (Å²) in [6.45, 7) is 0. The Morgan fingerprint density at radius 2 is 1.50 bits per heavy atom. The van der Waals surface area contributed by atoms with E-state index in [4.69, 9.17) is 5.73 Å². The van der Waals surface area contributed by atoms with Crippen LogP contribution in [0, 0.1) is 0 Å². The van der Waals surface area contributed by atoms with Crippen LogP contribution in [0.15, 0.2) is 54.6 Å². The molecule has 0 aliphatic rings. The van der Waals surface area contributed by atoms with Crippen molar-refractivity contribution >= 4 is 29.5 Å². The van der Waals surface area contributed by atoms with Crippen LogP contribution < -0.4 is 16.4 Å². The van der Waals surface area contributed by atoms with Crippen LogP contribution >= 0.6 is 11.8 Å². The summed E-state index contributed by atoms with van der Waals surface area (Å²) < 4.78 is 0. The Morgan fingerprint density at radius 1 is 0.906 bits per heavy atom. The lowest BCUT2D eigenvalue weighted by molar-refractivity contribution is -0.142. The number of hydrogen-bond acceptors (Lipinski definition) is 6. The number of carbonyl (C=O) groups is 3. The van der Waals surface area contributed by atoms with Gasteiger partial charge in [-0.15, -0.1) is 0 Å². The van der Waals surface area contributed by atoms with E-state index in [2.05, 4.69) is 10.6 Å². The quantitative estimate of drug-likeness (QED) is 0.322. The third-order valence-electron chi connectivity index (χ3n) is 4.87. The Balaban J connectivity index is 2.10. The molecule has 0 saturated carbocycles. The highest BCUT2D eigenvalue weighted by Gasteiger charge is 2.28. The Labute approximate surface area is 191 Å². The van der Waals surface area contributed by atoms with E-state index >= 15 is 0 Å². The molecule has 0 bridgehead atoms. The third kappa shape index (κ3) is 8.24. The van der Waals surface area contributed by atoms with Crippen LogP contribution in [0.25, 0.3) is 0 Å². The number of nitrogens with two attached hydrogens (primary N) is 1. The standard InChI is InChI=1S/C23H29N3O5S/c1-32-12-11-19(23(30)31)25-22(29)20(14-15-5-3-2-4-6-15)26-21(28)18(24)13-16-7-9-17(27)10-8-16/h2-10,18-20,27H,11-14,24H2,1H3,(H,25,29)(H,26,28)(H,30,31). The van der Waals surface area contributed by atoms with Crippen LogP contribution in [0.2, 0.25) is 0 Å². The number of aliphatic carboxylic acids is 1. The predicted molar refractivity (Wildman–Crippen MR) is 124 cm³/mol. The molecule has 2 amide bonds. The van der Waals surface area contributed by atoms with Crippen molar-refractivity contribution in [3.8, 4) is 5.75 Å². The number of amides is 2. The van der Waals surface area contributed by atoms with E-state index in [1.807, 2.05) is 36.6 Å². The van der Waals surface area contributed by atoms with E-state index in [1.165, 1.54) is 23.9 Å². The summed E-state index contributed by atoms with van der Waals surface area (Å²) in [5.74, 6) is -1.54. The van der Waals surface area contributed by atoms with Gasteiger partial charge in [-0.1, -0.05) is 42.5 Å². The van der Waals surface area contributed by atoms with Gasteiger partial charge in [-0.25, -0.2) is 4.79 Å². The fraction of sp³-hybridized carbons (Fsp3) is 0.348. The average Bonchev–Trinajstić information content (AvgIpc) is 2.78. The van der Waals surface area contributed by atoms with Gasteiger partial charge in [0.1, 0.15) is 17.8 Å². The Morgan fingerprint density at radius 3 is 2.09 bits per heavy atom. The summed E-state index contributed by atoms with van der Waals surface area (Å²) >= 11 is 1.49. The van der Waals surface area contributed by atoms with E-state index in [9.17, 15) is 24.6 Å². The molecule has 0 fully saturated rings. The topological polar surface area (TPSA) is 142 Å². The average molecular weight is 460 g/mol. The van der Waals surface area contributed by atoms with E-state index in [0.29, 0.717) is 5.75 Å². The van der Waals surface area contributed by atoms with Crippen molar-refractivity contribution in [2.45, 2.75) is 37.4 Å². The summed E-state index contributed by atoms with van der Waals surface area (Å²) in [4.78, 5) is 37.2. The fourth-order valence-electron chi connectivity index (χ4n) is 3.08. The first-order valence-electron chi connectivity index (χ1n) is 10.2. The number of carbonyl (C=O) groups excluding carboxylic acids is 2. The zero-order chi connectivity index (χ0) is 23.5. The minimum atomic E-state index is -1.12. The lowest BCUT2D eigenvalue weighted by atomic mass is 10.0. The molecule has 9 heteroatoms. The Kier molecular flexibility index (Phi) is 10.0. The van der Waals surface area contributed by atoms with Gasteiger partial charge in [0, 0.05) is 6.42 Å². The Hall–Kier alpha value is -3.04. The first-order chi connectivity index (χ1) is 15.3. The van der Waals surface area contributed by atoms with E-state index < -0.39 is 35.9 Å². The normalized spacial score (nSPS) is 13.6. The van der Waals surface area contributed by atoms with Crippen molar-refractivity contribution in [1.82, 2.24) is 10.6 Å². The molecule has 8 nitrogen and oxygen atoms in total. The van der Waals surface area contributed by atoms with Crippen LogP contribution in [0.1, 0.15) is 17.5 Å². The number of benzene rings is 2. The number of carboxylic acid groups (broad SMARTS) is 1. The van der Waals surface area contributed by atoms with Crippen LogP contribution in [0.4, 0.5) is 0 Å². The van der Waals surface area contributed by atoms with Gasteiger partial charge in [0.25, 0.3) is 0 Å². The molecule has 6 N–H and O–H groups in total. The number of phenolic OH excluding ortho intramolecular Hbond substituents is 1. The fourth-order valence-corrected chi connectivity index (χ4v) is 3.55. The van der Waals surface area contributed by atoms with Crippen molar-refractivity contribution in [3.63, 3.8) is 0 Å². The molecule has 32 heavy (non-hydrogen) atoms. The minimum Gasteiger partial charge on any atom is -0.508 e. The van der Waals surface area contributed by atoms with Gasteiger partial charge < -0.3 is 26.6 Å². The zero-order valence-electron chi connectivity index (χ0n) is 17.9. The second kappa shape index (κ2) is 12.7. The molecule has 3 unspecified atom stereocenters. The minimum absolute atomic E-state index is 0.112. The maximum atomic E-state index is 12.9. The summed E-state index contributed by atoms with van der Waals surface area (Å²) in [5, 5.41) is 24.0. The molecule has 0 aromatic heterocycles. The van der Waals surface area contributed by atoms with Crippen LogP contribution in [0.5, 0.6) is 5.75 Å². The lowest BCUT2D eigenvalue weighted by Gasteiger charge is -2.23. The van der Waals surface area contributed by atoms with Gasteiger partial charge in [-0.2, -0.15) is 11.8 Å². The molecular weight excluding hydrogens is 430 g/mol. The molecule has 0 saturated heterocycles. The zero-order valence-corrected chi connectivity index (χ0v) is 18.7. The summed E-state index contributed by atoms with van der Waals surface area (Å²) in [6.07, 6.45) is 2.54. The molecule has 2 aromatic rings. The number of hydrogen-bond donors (Lipinski definition) is 5. The lowest BCUT2D eigenvalue weighted by Crippen LogP contribution is -2.55. The molecule has 2 rings (SSSR count). The van der Waals surface area contributed by atoms with E-state index in [1.54, 1.807) is 12.1 Å². The van der Waals surface area contributed by atoms with Gasteiger partial charge >= 0.3 is 5.97 Å². The van der Waals surface area contributed by atoms with Gasteiger partial charge in [-0.05, 0) is 48.1 Å². The number of aromatic hydroxyl groups is 1.